The highest BCUT2D eigenvalue weighted by Gasteiger charge is 2.29. The van der Waals surface area contributed by atoms with Gasteiger partial charge in [0, 0.05) is 11.6 Å². The molecule has 0 bridgehead atoms. The maximum absolute atomic E-state index is 12.8. The Balaban J connectivity index is 2.22. The van der Waals surface area contributed by atoms with Crippen molar-refractivity contribution in [3.8, 4) is 17.2 Å². The van der Waals surface area contributed by atoms with E-state index < -0.39 is 0 Å². The molecule has 1 saturated carbocycles. The summed E-state index contributed by atoms with van der Waals surface area (Å²) in [6.07, 6.45) is 4.64. The van der Waals surface area contributed by atoms with E-state index in [9.17, 15) is 4.79 Å². The van der Waals surface area contributed by atoms with Gasteiger partial charge in [-0.25, -0.2) is 0 Å². The second-order valence-corrected chi connectivity index (χ2v) is 6.69. The zero-order valence-electron chi connectivity index (χ0n) is 15.3. The highest BCUT2D eigenvalue weighted by molar-refractivity contribution is 5.95. The van der Waals surface area contributed by atoms with Crippen molar-refractivity contribution in [1.82, 2.24) is 5.32 Å². The van der Waals surface area contributed by atoms with Crippen LogP contribution in [0.2, 0.25) is 0 Å². The molecule has 1 amide bonds. The molecule has 0 aromatic heterocycles. The summed E-state index contributed by atoms with van der Waals surface area (Å²) < 4.78 is 16.0. The van der Waals surface area contributed by atoms with Gasteiger partial charge >= 0.3 is 0 Å². The van der Waals surface area contributed by atoms with Crippen molar-refractivity contribution in [3.05, 3.63) is 17.7 Å². The lowest BCUT2D eigenvalue weighted by Crippen LogP contribution is -2.43. The Kier molecular flexibility index (Phi) is 6.35. The third-order valence-electron chi connectivity index (χ3n) is 4.92. The fourth-order valence-corrected chi connectivity index (χ4v) is 3.60. The number of amides is 1. The SMILES string of the molecule is COc1cc(C(=O)N[C@@H]2CCCC[C@@H]2C(C)C)cc(OC)c1OC. The summed E-state index contributed by atoms with van der Waals surface area (Å²) in [5.41, 5.74) is 0.526. The highest BCUT2D eigenvalue weighted by atomic mass is 16.5. The molecule has 0 aliphatic heterocycles. The number of nitrogens with one attached hydrogen (secondary N) is 1. The first-order valence-corrected chi connectivity index (χ1v) is 8.62. The van der Waals surface area contributed by atoms with E-state index in [1.165, 1.54) is 19.3 Å². The number of hydrogen-bond acceptors (Lipinski definition) is 4. The molecule has 1 fully saturated rings. The molecule has 0 saturated heterocycles. The van der Waals surface area contributed by atoms with Crippen molar-refractivity contribution in [2.24, 2.45) is 11.8 Å². The van der Waals surface area contributed by atoms with Crippen molar-refractivity contribution in [2.45, 2.75) is 45.6 Å². The minimum Gasteiger partial charge on any atom is -0.493 e. The van der Waals surface area contributed by atoms with Crippen LogP contribution in [0.1, 0.15) is 49.9 Å². The Morgan fingerprint density at radius 1 is 1.04 bits per heavy atom. The molecule has 5 heteroatoms. The molecular weight excluding hydrogens is 306 g/mol. The fraction of sp³-hybridized carbons (Fsp3) is 0.632. The Bertz CT molecular complexity index is 545. The van der Waals surface area contributed by atoms with Crippen LogP contribution in [0.3, 0.4) is 0 Å². The van der Waals surface area contributed by atoms with Crippen LogP contribution < -0.4 is 19.5 Å². The van der Waals surface area contributed by atoms with E-state index in [1.807, 2.05) is 0 Å². The molecule has 1 aromatic carbocycles. The Morgan fingerprint density at radius 3 is 2.12 bits per heavy atom. The van der Waals surface area contributed by atoms with Gasteiger partial charge in [0.1, 0.15) is 0 Å². The van der Waals surface area contributed by atoms with Crippen molar-refractivity contribution < 1.29 is 19.0 Å². The maximum Gasteiger partial charge on any atom is 0.251 e. The van der Waals surface area contributed by atoms with Crippen LogP contribution in [0.25, 0.3) is 0 Å². The topological polar surface area (TPSA) is 56.8 Å². The number of methoxy groups -OCH3 is 3. The summed E-state index contributed by atoms with van der Waals surface area (Å²) in [5.74, 6) is 2.48. The van der Waals surface area contributed by atoms with Gasteiger partial charge in [-0.3, -0.25) is 4.79 Å². The van der Waals surface area contributed by atoms with Crippen LogP contribution in [0.5, 0.6) is 17.2 Å². The Labute approximate surface area is 144 Å². The molecule has 5 nitrogen and oxygen atoms in total. The molecule has 1 aliphatic rings. The van der Waals surface area contributed by atoms with Gasteiger partial charge in [0.15, 0.2) is 11.5 Å². The third-order valence-corrected chi connectivity index (χ3v) is 4.92. The molecule has 1 aliphatic carbocycles. The third kappa shape index (κ3) is 3.94. The first kappa shape index (κ1) is 18.4. The van der Waals surface area contributed by atoms with E-state index in [1.54, 1.807) is 33.5 Å². The van der Waals surface area contributed by atoms with Crippen molar-refractivity contribution >= 4 is 5.91 Å². The van der Waals surface area contributed by atoms with E-state index in [4.69, 9.17) is 14.2 Å². The Morgan fingerprint density at radius 2 is 1.62 bits per heavy atom. The summed E-state index contributed by atoms with van der Waals surface area (Å²) >= 11 is 0. The van der Waals surface area contributed by atoms with Crippen LogP contribution in [0.15, 0.2) is 12.1 Å². The summed E-state index contributed by atoms with van der Waals surface area (Å²) in [4.78, 5) is 12.8. The molecule has 2 rings (SSSR count). The zero-order chi connectivity index (χ0) is 17.7. The van der Waals surface area contributed by atoms with E-state index in [0.717, 1.165) is 6.42 Å². The monoisotopic (exact) mass is 335 g/mol. The van der Waals surface area contributed by atoms with E-state index in [-0.39, 0.29) is 11.9 Å². The zero-order valence-corrected chi connectivity index (χ0v) is 15.3. The quantitative estimate of drug-likeness (QED) is 0.862. The van der Waals surface area contributed by atoms with Crippen LogP contribution in [-0.4, -0.2) is 33.3 Å². The predicted molar refractivity (Wildman–Crippen MR) is 94.1 cm³/mol. The lowest BCUT2D eigenvalue weighted by atomic mass is 9.78. The Hall–Kier alpha value is -1.91. The van der Waals surface area contributed by atoms with E-state index in [0.29, 0.717) is 34.6 Å². The predicted octanol–water partition coefficient (Wildman–Crippen LogP) is 3.66. The summed E-state index contributed by atoms with van der Waals surface area (Å²) in [6.45, 7) is 4.46. The van der Waals surface area contributed by atoms with Gasteiger partial charge in [-0.15, -0.1) is 0 Å². The second kappa shape index (κ2) is 8.27. The van der Waals surface area contributed by atoms with Crippen LogP contribution in [0, 0.1) is 11.8 Å². The molecule has 1 N–H and O–H groups in total. The lowest BCUT2D eigenvalue weighted by molar-refractivity contribution is 0.0888. The average molecular weight is 335 g/mol. The number of ether oxygens (including phenoxy) is 3. The van der Waals surface area contributed by atoms with Crippen LogP contribution in [-0.2, 0) is 0 Å². The van der Waals surface area contributed by atoms with Gasteiger partial charge in [-0.1, -0.05) is 26.7 Å². The number of hydrogen-bond donors (Lipinski definition) is 1. The second-order valence-electron chi connectivity index (χ2n) is 6.69. The summed E-state index contributed by atoms with van der Waals surface area (Å²) in [6, 6.07) is 3.62. The van der Waals surface area contributed by atoms with Gasteiger partial charge in [0.2, 0.25) is 5.75 Å². The number of rotatable bonds is 6. The molecule has 1 aromatic rings. The van der Waals surface area contributed by atoms with E-state index >= 15 is 0 Å². The average Bonchev–Trinajstić information content (AvgIpc) is 2.60. The highest BCUT2D eigenvalue weighted by Crippen LogP contribution is 2.38. The smallest absolute Gasteiger partial charge is 0.251 e. The van der Waals surface area contributed by atoms with Gasteiger partial charge in [-0.2, -0.15) is 0 Å². The van der Waals surface area contributed by atoms with Crippen LogP contribution >= 0.6 is 0 Å². The van der Waals surface area contributed by atoms with Crippen LogP contribution in [0.4, 0.5) is 0 Å². The number of benzene rings is 1. The van der Waals surface area contributed by atoms with E-state index in [2.05, 4.69) is 19.2 Å². The summed E-state index contributed by atoms with van der Waals surface area (Å²) in [7, 11) is 4.65. The first-order chi connectivity index (χ1) is 11.5. The minimum atomic E-state index is -0.0909. The van der Waals surface area contributed by atoms with Gasteiger partial charge < -0.3 is 19.5 Å². The molecule has 134 valence electrons. The number of carbonyl (C=O) groups is 1. The minimum absolute atomic E-state index is 0.0909. The molecule has 0 radical (unpaired) electrons. The van der Waals surface area contributed by atoms with Gasteiger partial charge in [0.25, 0.3) is 5.91 Å². The summed E-state index contributed by atoms with van der Waals surface area (Å²) in [5, 5.41) is 3.22. The molecule has 2 atom stereocenters. The largest absolute Gasteiger partial charge is 0.493 e. The fourth-order valence-electron chi connectivity index (χ4n) is 3.60. The van der Waals surface area contributed by atoms with Crippen molar-refractivity contribution in [3.63, 3.8) is 0 Å². The molecular formula is C19H29NO4. The van der Waals surface area contributed by atoms with Crippen molar-refractivity contribution in [1.29, 1.82) is 0 Å². The van der Waals surface area contributed by atoms with Gasteiger partial charge in [0.05, 0.1) is 21.3 Å². The first-order valence-electron chi connectivity index (χ1n) is 8.62. The molecule has 24 heavy (non-hydrogen) atoms. The maximum atomic E-state index is 12.8. The normalized spacial score (nSPS) is 20.6. The molecule has 0 heterocycles. The van der Waals surface area contributed by atoms with Crippen molar-refractivity contribution in [2.75, 3.05) is 21.3 Å². The standard InChI is InChI=1S/C19H29NO4/c1-12(2)14-8-6-7-9-15(14)20-19(21)13-10-16(22-3)18(24-5)17(11-13)23-4/h10-12,14-15H,6-9H2,1-5H3,(H,20,21)/t14-,15-/m1/s1. The number of carbonyl (C=O) groups excluding carboxylic acids is 1. The molecule has 0 spiro atoms. The van der Waals surface area contributed by atoms with Gasteiger partial charge in [-0.05, 0) is 36.8 Å². The molecule has 0 unspecified atom stereocenters. The lowest BCUT2D eigenvalue weighted by Gasteiger charge is -2.35.